The van der Waals surface area contributed by atoms with Crippen molar-refractivity contribution < 1.29 is 66.7 Å². The van der Waals surface area contributed by atoms with Crippen molar-refractivity contribution in [2.24, 2.45) is 0 Å². The van der Waals surface area contributed by atoms with E-state index in [2.05, 4.69) is 0 Å². The molecule has 0 rings (SSSR count). The molecule has 0 aliphatic heterocycles. The molecule has 0 aliphatic rings. The topological polar surface area (TPSA) is 0 Å². The zero-order chi connectivity index (χ0) is 0. The summed E-state index contributed by atoms with van der Waals surface area (Å²) in [5.74, 6) is 0. The molecule has 4 heteroatoms. The molecule has 0 fully saturated rings. The van der Waals surface area contributed by atoms with E-state index in [1.165, 1.54) is 0 Å². The van der Waals surface area contributed by atoms with Crippen LogP contribution in [0.15, 0.2) is 0 Å². The van der Waals surface area contributed by atoms with Crippen molar-refractivity contribution in [3.05, 3.63) is 0 Å². The normalized spacial score (nSPS) is 0. The second kappa shape index (κ2) is 17.9. The second-order valence-electron chi connectivity index (χ2n) is 0. The van der Waals surface area contributed by atoms with Crippen LogP contribution in [0.4, 0.5) is 4.70 Å². The maximum atomic E-state index is 0. The Kier molecular flexibility index (Phi) is 143. The summed E-state index contributed by atoms with van der Waals surface area (Å²) in [7, 11) is 0. The van der Waals surface area contributed by atoms with Crippen LogP contribution >= 0.6 is 0 Å². The van der Waals surface area contributed by atoms with E-state index in [0.29, 0.717) is 0 Å². The van der Waals surface area contributed by atoms with Gasteiger partial charge in [-0.15, -0.1) is 0 Å². The first-order chi connectivity index (χ1) is 0. The van der Waals surface area contributed by atoms with Gasteiger partial charge in [-0.25, -0.2) is 0 Å². The SMILES string of the molecule is F.[AlH3].[H-].[H-].[Na+].[Na+]. The van der Waals surface area contributed by atoms with Gasteiger partial charge in [-0.05, 0) is 0 Å². The molecule has 0 radical (unpaired) electrons. The molecule has 18 valence electrons. The van der Waals surface area contributed by atoms with Crippen LogP contribution in [0, 0.1) is 0 Å². The standard InChI is InChI=1S/Al.FH.2Na.5H/h;1H;;;;;;;/q;;2*+1;;;;2*-1. The number of hydrogen-bond acceptors (Lipinski definition) is 0. The van der Waals surface area contributed by atoms with E-state index in [0.717, 1.165) is 0 Å². The van der Waals surface area contributed by atoms with E-state index in [-0.39, 0.29) is 84.0 Å². The van der Waals surface area contributed by atoms with Crippen molar-refractivity contribution >= 4 is 17.4 Å². The van der Waals surface area contributed by atoms with Crippen LogP contribution in [0.3, 0.4) is 0 Å². The maximum Gasteiger partial charge on any atom is 1.00 e. The van der Waals surface area contributed by atoms with E-state index >= 15 is 0 Å². The van der Waals surface area contributed by atoms with Crippen LogP contribution < -0.4 is 59.1 Å². The summed E-state index contributed by atoms with van der Waals surface area (Å²) in [5, 5.41) is 0. The minimum absolute atomic E-state index is 0. The molecule has 0 unspecified atom stereocenters. The molecule has 0 saturated carbocycles. The molecule has 0 aromatic heterocycles. The molecule has 0 aliphatic carbocycles. The van der Waals surface area contributed by atoms with E-state index < -0.39 is 0 Å². The third-order valence-electron chi connectivity index (χ3n) is 0. The van der Waals surface area contributed by atoms with Crippen molar-refractivity contribution in [2.75, 3.05) is 0 Å². The predicted molar refractivity (Wildman–Crippen MR) is 14.7 cm³/mol. The van der Waals surface area contributed by atoms with E-state index in [9.17, 15) is 0 Å². The molecule has 4 heavy (non-hydrogen) atoms. The quantitative estimate of drug-likeness (QED) is 0.264. The molecule has 0 aromatic carbocycles. The fourth-order valence-electron chi connectivity index (χ4n) is 0. The van der Waals surface area contributed by atoms with Gasteiger partial charge >= 0.3 is 59.1 Å². The summed E-state index contributed by atoms with van der Waals surface area (Å²) >= 11 is 0. The van der Waals surface area contributed by atoms with Gasteiger partial charge in [-0.2, -0.15) is 0 Å². The Bertz CT molecular complexity index is 11.5. The molecular weight excluding hydrogens is 92.0 g/mol. The Morgan fingerprint density at radius 2 is 1.00 bits per heavy atom. The smallest absolute Gasteiger partial charge is 1.00 e. The van der Waals surface area contributed by atoms with Crippen LogP contribution in [0.25, 0.3) is 0 Å². The molecular formula is H6AlFNa2. The van der Waals surface area contributed by atoms with Crippen molar-refractivity contribution in [2.45, 2.75) is 0 Å². The van der Waals surface area contributed by atoms with Crippen molar-refractivity contribution in [1.29, 1.82) is 0 Å². The van der Waals surface area contributed by atoms with Crippen molar-refractivity contribution in [3.8, 4) is 0 Å². The fourth-order valence-corrected chi connectivity index (χ4v) is 0. The fraction of sp³-hybridized carbons (Fsp3) is 0. The third-order valence-corrected chi connectivity index (χ3v) is 0. The van der Waals surface area contributed by atoms with E-state index in [1.807, 2.05) is 0 Å². The molecule has 0 saturated heterocycles. The monoisotopic (exact) mass is 98.0 g/mol. The summed E-state index contributed by atoms with van der Waals surface area (Å²) < 4.78 is 0. The van der Waals surface area contributed by atoms with Gasteiger partial charge < -0.3 is 2.85 Å². The first kappa shape index (κ1) is 31.8. The molecule has 0 spiro atoms. The Morgan fingerprint density at radius 1 is 1.00 bits per heavy atom. The average molecular weight is 98.0 g/mol. The van der Waals surface area contributed by atoms with E-state index in [1.54, 1.807) is 0 Å². The summed E-state index contributed by atoms with van der Waals surface area (Å²) in [4.78, 5) is 0. The minimum Gasteiger partial charge on any atom is -1.00 e. The number of rotatable bonds is 0. The van der Waals surface area contributed by atoms with Crippen molar-refractivity contribution in [1.82, 2.24) is 0 Å². The van der Waals surface area contributed by atoms with Crippen LogP contribution in [-0.4, -0.2) is 17.4 Å². The minimum atomic E-state index is 0. The number of hydrogen-bond donors (Lipinski definition) is 0. The maximum absolute atomic E-state index is 0. The van der Waals surface area contributed by atoms with Gasteiger partial charge in [0.25, 0.3) is 0 Å². The third kappa shape index (κ3) is 8.82. The average Bonchev–Trinajstić information content (AvgIpc) is 0. The molecule has 0 bridgehead atoms. The zero-order valence-electron chi connectivity index (χ0n) is 4.41. The van der Waals surface area contributed by atoms with Gasteiger partial charge in [0.15, 0.2) is 17.4 Å². The summed E-state index contributed by atoms with van der Waals surface area (Å²) in [6.45, 7) is 0. The summed E-state index contributed by atoms with van der Waals surface area (Å²) in [6.07, 6.45) is 0. The summed E-state index contributed by atoms with van der Waals surface area (Å²) in [6, 6.07) is 0. The molecule has 0 amide bonds. The van der Waals surface area contributed by atoms with Crippen LogP contribution in [0.2, 0.25) is 0 Å². The Morgan fingerprint density at radius 3 is 1.00 bits per heavy atom. The van der Waals surface area contributed by atoms with Crippen LogP contribution in [0.1, 0.15) is 2.85 Å². The predicted octanol–water partition coefficient (Wildman–Crippen LogP) is -6.80. The molecule has 0 heterocycles. The van der Waals surface area contributed by atoms with Crippen LogP contribution in [0.5, 0.6) is 0 Å². The van der Waals surface area contributed by atoms with Gasteiger partial charge in [0.05, 0.1) is 0 Å². The van der Waals surface area contributed by atoms with Crippen LogP contribution in [-0.2, 0) is 0 Å². The zero-order valence-corrected chi connectivity index (χ0v) is 6.41. The molecule has 0 nitrogen and oxygen atoms in total. The first-order valence-electron chi connectivity index (χ1n) is 0. The van der Waals surface area contributed by atoms with Gasteiger partial charge in [0, 0.05) is 0 Å². The van der Waals surface area contributed by atoms with Gasteiger partial charge in [-0.1, -0.05) is 0 Å². The Balaban J connectivity index is 0. The molecule has 0 aromatic rings. The van der Waals surface area contributed by atoms with Gasteiger partial charge in [-0.3, -0.25) is 4.70 Å². The largest absolute Gasteiger partial charge is 1.00 e. The molecule has 0 atom stereocenters. The first-order valence-corrected chi connectivity index (χ1v) is 0. The Labute approximate surface area is 82.8 Å². The van der Waals surface area contributed by atoms with E-state index in [4.69, 9.17) is 0 Å². The molecule has 0 N–H and O–H groups in total. The van der Waals surface area contributed by atoms with Gasteiger partial charge in [0.2, 0.25) is 0 Å². The number of halogens is 1. The van der Waals surface area contributed by atoms with Gasteiger partial charge in [0.1, 0.15) is 0 Å². The van der Waals surface area contributed by atoms with Crippen molar-refractivity contribution in [3.63, 3.8) is 0 Å². The summed E-state index contributed by atoms with van der Waals surface area (Å²) in [5.41, 5.74) is 0. The second-order valence-corrected chi connectivity index (χ2v) is 0. The Hall–Kier alpha value is 2.46.